The molecule has 200 valence electrons. The van der Waals surface area contributed by atoms with E-state index in [0.717, 1.165) is 12.8 Å². The molecule has 0 saturated carbocycles. The molecule has 1 heterocycles. The first-order chi connectivity index (χ1) is 19.9. The summed E-state index contributed by atoms with van der Waals surface area (Å²) in [6.07, 6.45) is 3.42. The van der Waals surface area contributed by atoms with E-state index in [4.69, 9.17) is 0 Å². The second-order valence-corrected chi connectivity index (χ2v) is 13.6. The van der Waals surface area contributed by atoms with Gasteiger partial charge in [0.2, 0.25) is 0 Å². The fourth-order valence-electron chi connectivity index (χ4n) is 9.01. The maximum Gasteiger partial charge on any atom is 0.0580 e. The maximum atomic E-state index is 2.77. The summed E-state index contributed by atoms with van der Waals surface area (Å²) in [5.41, 5.74) is 14.8. The van der Waals surface area contributed by atoms with E-state index in [1.54, 1.807) is 11.1 Å². The van der Waals surface area contributed by atoms with Crippen LogP contribution in [0.5, 0.6) is 0 Å². The molecule has 6 aromatic rings. The standard InChI is InChI=1S/C40H35N/c1-39(2)32-17-9-6-15-29(32)37-36-24(12-11-18-33(36)39)22-30-28-14-7-10-19-35(28)41(38(30)37)25-20-21-27-26-13-5-8-16-31(26)40(3,4)34(27)23-25/h5-19,22,25H,20-21,23H2,1-4H3. The van der Waals surface area contributed by atoms with Crippen molar-refractivity contribution in [1.82, 2.24) is 4.57 Å². The van der Waals surface area contributed by atoms with Gasteiger partial charge in [0.1, 0.15) is 0 Å². The van der Waals surface area contributed by atoms with Crippen LogP contribution in [0.1, 0.15) is 75.3 Å². The van der Waals surface area contributed by atoms with Gasteiger partial charge in [-0.2, -0.15) is 0 Å². The van der Waals surface area contributed by atoms with Crippen molar-refractivity contribution in [3.05, 3.63) is 125 Å². The monoisotopic (exact) mass is 529 g/mol. The Hall–Kier alpha value is -4.10. The molecule has 41 heavy (non-hydrogen) atoms. The van der Waals surface area contributed by atoms with Gasteiger partial charge in [-0.25, -0.2) is 0 Å². The number of aromatic nitrogens is 1. The minimum atomic E-state index is -0.0438. The van der Waals surface area contributed by atoms with E-state index < -0.39 is 0 Å². The molecule has 1 atom stereocenters. The number of hydrogen-bond acceptors (Lipinski definition) is 0. The number of allylic oxidation sites excluding steroid dienone is 2. The Morgan fingerprint density at radius 1 is 0.659 bits per heavy atom. The molecule has 0 radical (unpaired) electrons. The smallest absolute Gasteiger partial charge is 0.0580 e. The summed E-state index contributed by atoms with van der Waals surface area (Å²) in [5.74, 6) is 0. The van der Waals surface area contributed by atoms with Gasteiger partial charge in [0.05, 0.1) is 5.52 Å². The fourth-order valence-corrected chi connectivity index (χ4v) is 9.01. The molecule has 5 aromatic carbocycles. The van der Waals surface area contributed by atoms with Crippen molar-refractivity contribution in [2.75, 3.05) is 0 Å². The van der Waals surface area contributed by atoms with Crippen LogP contribution >= 0.6 is 0 Å². The minimum Gasteiger partial charge on any atom is -0.336 e. The van der Waals surface area contributed by atoms with Gasteiger partial charge in [-0.3, -0.25) is 0 Å². The lowest BCUT2D eigenvalue weighted by Crippen LogP contribution is -2.24. The van der Waals surface area contributed by atoms with Crippen LogP contribution in [0.25, 0.3) is 49.3 Å². The van der Waals surface area contributed by atoms with E-state index in [1.165, 1.54) is 72.4 Å². The van der Waals surface area contributed by atoms with E-state index in [-0.39, 0.29) is 10.8 Å². The Morgan fingerprint density at radius 3 is 2.17 bits per heavy atom. The van der Waals surface area contributed by atoms with E-state index in [2.05, 4.69) is 129 Å². The first-order valence-electron chi connectivity index (χ1n) is 15.3. The van der Waals surface area contributed by atoms with E-state index in [0.29, 0.717) is 6.04 Å². The predicted molar refractivity (Wildman–Crippen MR) is 174 cm³/mol. The number of nitrogens with zero attached hydrogens (tertiary/aromatic N) is 1. The zero-order chi connectivity index (χ0) is 27.7. The molecule has 0 N–H and O–H groups in total. The lowest BCUT2D eigenvalue weighted by molar-refractivity contribution is 0.446. The van der Waals surface area contributed by atoms with Crippen molar-refractivity contribution < 1.29 is 0 Å². The van der Waals surface area contributed by atoms with Gasteiger partial charge in [-0.05, 0) is 75.6 Å². The topological polar surface area (TPSA) is 4.93 Å². The highest BCUT2D eigenvalue weighted by molar-refractivity contribution is 6.22. The van der Waals surface area contributed by atoms with Gasteiger partial charge in [0, 0.05) is 38.7 Å². The molecule has 3 aliphatic rings. The molecule has 1 aromatic heterocycles. The number of benzene rings is 5. The van der Waals surface area contributed by atoms with Crippen molar-refractivity contribution >= 4 is 38.2 Å². The summed E-state index contributed by atoms with van der Waals surface area (Å²) < 4.78 is 2.77. The van der Waals surface area contributed by atoms with Crippen molar-refractivity contribution in [1.29, 1.82) is 0 Å². The normalized spacial score (nSPS) is 20.0. The van der Waals surface area contributed by atoms with Gasteiger partial charge in [-0.15, -0.1) is 0 Å². The molecule has 0 aliphatic heterocycles. The Kier molecular flexibility index (Phi) is 4.48. The summed E-state index contributed by atoms with van der Waals surface area (Å²) >= 11 is 0. The van der Waals surface area contributed by atoms with Crippen LogP contribution in [0.3, 0.4) is 0 Å². The lowest BCUT2D eigenvalue weighted by Gasteiger charge is -2.36. The lowest BCUT2D eigenvalue weighted by atomic mass is 9.68. The Labute approximate surface area is 242 Å². The van der Waals surface area contributed by atoms with Crippen LogP contribution < -0.4 is 0 Å². The maximum absolute atomic E-state index is 2.77. The molecule has 0 amide bonds. The zero-order valence-electron chi connectivity index (χ0n) is 24.4. The third kappa shape index (κ3) is 2.87. The molecule has 0 fully saturated rings. The van der Waals surface area contributed by atoms with Gasteiger partial charge < -0.3 is 4.57 Å². The molecular formula is C40H35N. The molecule has 1 unspecified atom stereocenters. The van der Waals surface area contributed by atoms with Gasteiger partial charge in [0.15, 0.2) is 0 Å². The first kappa shape index (κ1) is 23.6. The van der Waals surface area contributed by atoms with Crippen LogP contribution in [0.2, 0.25) is 0 Å². The summed E-state index contributed by atoms with van der Waals surface area (Å²) in [6, 6.07) is 37.4. The molecular weight excluding hydrogens is 494 g/mol. The summed E-state index contributed by atoms with van der Waals surface area (Å²) in [7, 11) is 0. The van der Waals surface area contributed by atoms with Crippen molar-refractivity contribution in [2.45, 2.75) is 63.8 Å². The average molecular weight is 530 g/mol. The van der Waals surface area contributed by atoms with Crippen molar-refractivity contribution in [3.63, 3.8) is 0 Å². The number of fused-ring (bicyclic) bond motifs is 8. The third-order valence-electron chi connectivity index (χ3n) is 11.0. The second kappa shape index (κ2) is 7.79. The highest BCUT2D eigenvalue weighted by Crippen LogP contribution is 2.57. The highest BCUT2D eigenvalue weighted by Gasteiger charge is 2.42. The molecule has 0 bridgehead atoms. The quantitative estimate of drug-likeness (QED) is 0.200. The number of para-hydroxylation sites is 1. The number of hydrogen-bond donors (Lipinski definition) is 0. The van der Waals surface area contributed by atoms with Gasteiger partial charge in [0.25, 0.3) is 0 Å². The Balaban J connectivity index is 1.38. The highest BCUT2D eigenvalue weighted by atomic mass is 15.0. The van der Waals surface area contributed by atoms with Gasteiger partial charge >= 0.3 is 0 Å². The molecule has 0 spiro atoms. The molecule has 9 rings (SSSR count). The molecule has 3 aliphatic carbocycles. The first-order valence-corrected chi connectivity index (χ1v) is 15.3. The largest absolute Gasteiger partial charge is 0.336 e. The SMILES string of the molecule is CC1(C)C2=C(CCC(n3c4ccccc4c4cc5cccc6c5c(c43)-c3ccccc3C6(C)C)C2)c2ccccc21. The van der Waals surface area contributed by atoms with Crippen molar-refractivity contribution in [2.24, 2.45) is 0 Å². The Bertz CT molecular complexity index is 2130. The second-order valence-electron chi connectivity index (χ2n) is 13.6. The van der Waals surface area contributed by atoms with Crippen LogP contribution in [-0.2, 0) is 10.8 Å². The summed E-state index contributed by atoms with van der Waals surface area (Å²) in [4.78, 5) is 0. The van der Waals surface area contributed by atoms with Crippen molar-refractivity contribution in [3.8, 4) is 11.1 Å². The molecule has 1 heteroatoms. The number of rotatable bonds is 1. The Morgan fingerprint density at radius 2 is 1.34 bits per heavy atom. The summed E-state index contributed by atoms with van der Waals surface area (Å²) in [5, 5.41) is 5.57. The van der Waals surface area contributed by atoms with Crippen LogP contribution in [0.15, 0.2) is 103 Å². The molecule has 0 saturated heterocycles. The van der Waals surface area contributed by atoms with Crippen LogP contribution in [0.4, 0.5) is 0 Å². The zero-order valence-corrected chi connectivity index (χ0v) is 24.4. The van der Waals surface area contributed by atoms with E-state index >= 15 is 0 Å². The van der Waals surface area contributed by atoms with Gasteiger partial charge in [-0.1, -0.05) is 118 Å². The predicted octanol–water partition coefficient (Wildman–Crippen LogP) is 10.7. The third-order valence-corrected chi connectivity index (χ3v) is 11.0. The van der Waals surface area contributed by atoms with Crippen LogP contribution in [0, 0.1) is 0 Å². The molecule has 1 nitrogen and oxygen atoms in total. The summed E-state index contributed by atoms with van der Waals surface area (Å²) in [6.45, 7) is 9.70. The average Bonchev–Trinajstić information content (AvgIpc) is 3.44. The van der Waals surface area contributed by atoms with Crippen LogP contribution in [-0.4, -0.2) is 4.57 Å². The van der Waals surface area contributed by atoms with E-state index in [9.17, 15) is 0 Å². The fraction of sp³-hybridized carbons (Fsp3) is 0.250. The van der Waals surface area contributed by atoms with E-state index in [1.807, 2.05) is 0 Å². The minimum absolute atomic E-state index is 0.0438.